The molecule has 0 saturated heterocycles. The molecule has 0 radical (unpaired) electrons. The van der Waals surface area contributed by atoms with E-state index in [-0.39, 0.29) is 23.0 Å². The van der Waals surface area contributed by atoms with Crippen molar-refractivity contribution in [1.82, 2.24) is 10.3 Å². The molecule has 0 aliphatic heterocycles. The fraction of sp³-hybridized carbons (Fsp3) is 0.333. The normalized spacial score (nSPS) is 11.1. The number of amides is 1. The molecule has 0 saturated carbocycles. The van der Waals surface area contributed by atoms with Crippen molar-refractivity contribution in [3.8, 4) is 0 Å². The first-order valence-electron chi connectivity index (χ1n) is 4.46. The van der Waals surface area contributed by atoms with Crippen LogP contribution in [0.4, 0.5) is 0 Å². The molecular formula is C9H11ClN2O3S. The van der Waals surface area contributed by atoms with Gasteiger partial charge in [0.25, 0.3) is 5.91 Å². The maximum absolute atomic E-state index is 11.5. The Bertz CT molecular complexity index is 487. The molecule has 1 N–H and O–H groups in total. The zero-order valence-electron chi connectivity index (χ0n) is 8.60. The van der Waals surface area contributed by atoms with Crippen molar-refractivity contribution in [2.75, 3.05) is 18.6 Å². The number of nitrogens with zero attached hydrogens (tertiary/aromatic N) is 1. The van der Waals surface area contributed by atoms with Crippen LogP contribution in [0.5, 0.6) is 0 Å². The van der Waals surface area contributed by atoms with E-state index in [2.05, 4.69) is 10.3 Å². The van der Waals surface area contributed by atoms with Crippen LogP contribution in [-0.4, -0.2) is 37.9 Å². The highest BCUT2D eigenvalue weighted by Crippen LogP contribution is 2.11. The van der Waals surface area contributed by atoms with Gasteiger partial charge < -0.3 is 5.32 Å². The molecule has 1 amide bonds. The van der Waals surface area contributed by atoms with E-state index in [0.717, 1.165) is 6.26 Å². The molecule has 0 aliphatic rings. The zero-order valence-corrected chi connectivity index (χ0v) is 10.2. The molecule has 0 fully saturated rings. The van der Waals surface area contributed by atoms with Crippen molar-refractivity contribution in [2.45, 2.75) is 0 Å². The topological polar surface area (TPSA) is 76.1 Å². The van der Waals surface area contributed by atoms with E-state index < -0.39 is 15.7 Å². The van der Waals surface area contributed by atoms with Crippen LogP contribution in [0.3, 0.4) is 0 Å². The van der Waals surface area contributed by atoms with E-state index in [1.165, 1.54) is 6.20 Å². The van der Waals surface area contributed by atoms with Crippen molar-refractivity contribution in [3.63, 3.8) is 0 Å². The number of hydrogen-bond donors (Lipinski definition) is 1. The lowest BCUT2D eigenvalue weighted by Gasteiger charge is -2.04. The Morgan fingerprint density at radius 2 is 2.25 bits per heavy atom. The summed E-state index contributed by atoms with van der Waals surface area (Å²) in [4.78, 5) is 15.3. The van der Waals surface area contributed by atoms with E-state index in [0.29, 0.717) is 0 Å². The average Bonchev–Trinajstić information content (AvgIpc) is 2.16. The van der Waals surface area contributed by atoms with E-state index in [4.69, 9.17) is 11.6 Å². The molecule has 16 heavy (non-hydrogen) atoms. The molecule has 88 valence electrons. The van der Waals surface area contributed by atoms with Crippen LogP contribution >= 0.6 is 11.6 Å². The Hall–Kier alpha value is -1.14. The highest BCUT2D eigenvalue weighted by atomic mass is 35.5. The maximum atomic E-state index is 11.5. The highest BCUT2D eigenvalue weighted by molar-refractivity contribution is 7.90. The maximum Gasteiger partial charge on any atom is 0.271 e. The Morgan fingerprint density at radius 3 is 2.81 bits per heavy atom. The Balaban J connectivity index is 2.57. The molecule has 5 nitrogen and oxygen atoms in total. The Labute approximate surface area is 98.8 Å². The molecule has 1 rings (SSSR count). The summed E-state index contributed by atoms with van der Waals surface area (Å²) in [6, 6.07) is 3.15. The fourth-order valence-electron chi connectivity index (χ4n) is 0.986. The summed E-state index contributed by atoms with van der Waals surface area (Å²) >= 11 is 5.75. The Morgan fingerprint density at radius 1 is 1.56 bits per heavy atom. The first kappa shape index (κ1) is 12.9. The van der Waals surface area contributed by atoms with E-state index in [9.17, 15) is 13.2 Å². The molecule has 0 spiro atoms. The van der Waals surface area contributed by atoms with Gasteiger partial charge in [-0.25, -0.2) is 13.4 Å². The first-order valence-corrected chi connectivity index (χ1v) is 6.90. The van der Waals surface area contributed by atoms with Gasteiger partial charge in [-0.05, 0) is 12.1 Å². The predicted molar refractivity (Wildman–Crippen MR) is 61.3 cm³/mol. The zero-order chi connectivity index (χ0) is 12.2. The van der Waals surface area contributed by atoms with Crippen molar-refractivity contribution in [3.05, 3.63) is 29.0 Å². The lowest BCUT2D eigenvalue weighted by atomic mass is 10.3. The van der Waals surface area contributed by atoms with Crippen LogP contribution in [0.15, 0.2) is 18.3 Å². The number of carbonyl (C=O) groups excluding carboxylic acids is 1. The standard InChI is InChI=1S/C9H11ClN2O3S/c1-16(14,15)6-5-12-9(13)8-7(10)3-2-4-11-8/h2-4H,5-6H2,1H3,(H,12,13). The number of hydrogen-bond acceptors (Lipinski definition) is 4. The first-order chi connectivity index (χ1) is 7.40. The molecule has 1 heterocycles. The third-order valence-electron chi connectivity index (χ3n) is 1.73. The second-order valence-corrected chi connectivity index (χ2v) is 5.89. The minimum atomic E-state index is -3.08. The molecular weight excluding hydrogens is 252 g/mol. The van der Waals surface area contributed by atoms with Gasteiger partial charge >= 0.3 is 0 Å². The smallest absolute Gasteiger partial charge is 0.271 e. The van der Waals surface area contributed by atoms with E-state index >= 15 is 0 Å². The summed E-state index contributed by atoms with van der Waals surface area (Å²) in [5.41, 5.74) is 0.0951. The predicted octanol–water partition coefficient (Wildman–Crippen LogP) is 0.509. The van der Waals surface area contributed by atoms with E-state index in [1.807, 2.05) is 0 Å². The molecule has 0 aliphatic carbocycles. The summed E-state index contributed by atoms with van der Waals surface area (Å²) < 4.78 is 21.6. The molecule has 1 aromatic rings. The SMILES string of the molecule is CS(=O)(=O)CCNC(=O)c1ncccc1Cl. The average molecular weight is 263 g/mol. The van der Waals surface area contributed by atoms with Crippen LogP contribution in [0.1, 0.15) is 10.5 Å². The summed E-state index contributed by atoms with van der Waals surface area (Å²) in [5, 5.41) is 2.67. The van der Waals surface area contributed by atoms with Crippen LogP contribution in [0, 0.1) is 0 Å². The van der Waals surface area contributed by atoms with Crippen molar-refractivity contribution in [2.24, 2.45) is 0 Å². The number of halogens is 1. The summed E-state index contributed by atoms with van der Waals surface area (Å²) in [7, 11) is -3.08. The molecule has 0 unspecified atom stereocenters. The summed E-state index contributed by atoms with van der Waals surface area (Å²) in [6.07, 6.45) is 2.55. The van der Waals surface area contributed by atoms with Gasteiger partial charge in [0, 0.05) is 19.0 Å². The number of nitrogens with one attached hydrogen (secondary N) is 1. The van der Waals surface area contributed by atoms with Crippen LogP contribution in [-0.2, 0) is 9.84 Å². The summed E-state index contributed by atoms with van der Waals surface area (Å²) in [5.74, 6) is -0.585. The molecule has 7 heteroatoms. The van der Waals surface area contributed by atoms with Gasteiger partial charge in [-0.3, -0.25) is 4.79 Å². The quantitative estimate of drug-likeness (QED) is 0.858. The fourth-order valence-corrected chi connectivity index (χ4v) is 1.67. The third kappa shape index (κ3) is 4.16. The van der Waals surface area contributed by atoms with Gasteiger partial charge in [-0.15, -0.1) is 0 Å². The van der Waals surface area contributed by atoms with Crippen molar-refractivity contribution >= 4 is 27.3 Å². The number of carbonyl (C=O) groups is 1. The molecule has 0 bridgehead atoms. The number of aromatic nitrogens is 1. The van der Waals surface area contributed by atoms with Crippen LogP contribution < -0.4 is 5.32 Å². The largest absolute Gasteiger partial charge is 0.350 e. The summed E-state index contributed by atoms with van der Waals surface area (Å²) in [6.45, 7) is 0.0462. The second-order valence-electron chi connectivity index (χ2n) is 3.22. The Kier molecular flexibility index (Phi) is 4.26. The monoisotopic (exact) mass is 262 g/mol. The number of sulfone groups is 1. The number of rotatable bonds is 4. The van der Waals surface area contributed by atoms with Crippen molar-refractivity contribution < 1.29 is 13.2 Å². The van der Waals surface area contributed by atoms with Crippen LogP contribution in [0.2, 0.25) is 5.02 Å². The van der Waals surface area contributed by atoms with Gasteiger partial charge in [0.15, 0.2) is 0 Å². The van der Waals surface area contributed by atoms with Gasteiger partial charge in [0.05, 0.1) is 10.8 Å². The lowest BCUT2D eigenvalue weighted by molar-refractivity contribution is 0.0951. The third-order valence-corrected chi connectivity index (χ3v) is 2.98. The van der Waals surface area contributed by atoms with Crippen molar-refractivity contribution in [1.29, 1.82) is 0 Å². The minimum Gasteiger partial charge on any atom is -0.350 e. The van der Waals surface area contributed by atoms with Gasteiger partial charge in [0.1, 0.15) is 15.5 Å². The minimum absolute atomic E-state index is 0.0462. The van der Waals surface area contributed by atoms with Crippen LogP contribution in [0.25, 0.3) is 0 Å². The highest BCUT2D eigenvalue weighted by Gasteiger charge is 2.11. The van der Waals surface area contributed by atoms with Gasteiger partial charge in [0.2, 0.25) is 0 Å². The molecule has 1 aromatic heterocycles. The molecule has 0 atom stereocenters. The number of pyridine rings is 1. The second kappa shape index (κ2) is 5.27. The lowest BCUT2D eigenvalue weighted by Crippen LogP contribution is -2.29. The van der Waals surface area contributed by atoms with E-state index in [1.54, 1.807) is 12.1 Å². The van der Waals surface area contributed by atoms with Gasteiger partial charge in [-0.2, -0.15) is 0 Å². The van der Waals surface area contributed by atoms with Gasteiger partial charge in [-0.1, -0.05) is 11.6 Å². The molecule has 0 aromatic carbocycles.